The van der Waals surface area contributed by atoms with Crippen molar-refractivity contribution in [1.82, 2.24) is 0 Å². The normalized spacial score (nSPS) is 13.8. The molecule has 17 aromatic rings. The maximum Gasteiger partial charge on any atom is 0.159 e. The van der Waals surface area contributed by atoms with Gasteiger partial charge in [0.2, 0.25) is 0 Å². The smallest absolute Gasteiger partial charge is 0.159 e. The Kier molecular flexibility index (Phi) is 10.9. The fourth-order valence-corrected chi connectivity index (χ4v) is 15.2. The van der Waals surface area contributed by atoms with Crippen LogP contribution >= 0.6 is 0 Å². The zero-order chi connectivity index (χ0) is 59.0. The Morgan fingerprint density at radius 3 is 1.26 bits per heavy atom. The van der Waals surface area contributed by atoms with Gasteiger partial charge in [0.1, 0.15) is 22.3 Å². The number of benzene rings is 14. The molecule has 0 fully saturated rings. The van der Waals surface area contributed by atoms with Crippen molar-refractivity contribution in [3.05, 3.63) is 338 Å². The lowest BCUT2D eigenvalue weighted by Gasteiger charge is -2.31. The van der Waals surface area contributed by atoms with Crippen LogP contribution < -0.4 is 9.80 Å². The highest BCUT2D eigenvalue weighted by Gasteiger charge is 2.52. The van der Waals surface area contributed by atoms with Gasteiger partial charge in [0.05, 0.1) is 16.8 Å². The summed E-state index contributed by atoms with van der Waals surface area (Å²) >= 11 is 0. The van der Waals surface area contributed by atoms with Crippen LogP contribution in [0, 0.1) is 0 Å². The van der Waals surface area contributed by atoms with Crippen molar-refractivity contribution in [3.63, 3.8) is 0 Å². The van der Waals surface area contributed by atoms with Crippen LogP contribution in [0.4, 0.5) is 34.1 Å². The molecule has 420 valence electrons. The van der Waals surface area contributed by atoms with Gasteiger partial charge in [-0.3, -0.25) is 0 Å². The van der Waals surface area contributed by atoms with Crippen LogP contribution in [0.1, 0.15) is 22.3 Å². The van der Waals surface area contributed by atoms with Gasteiger partial charge in [-0.25, -0.2) is 0 Å². The van der Waals surface area contributed by atoms with E-state index >= 15 is 0 Å². The molecule has 0 amide bonds. The van der Waals surface area contributed by atoms with Crippen molar-refractivity contribution >= 4 is 99.9 Å². The molecule has 2 aliphatic rings. The van der Waals surface area contributed by atoms with E-state index in [4.69, 9.17) is 13.3 Å². The highest BCUT2D eigenvalue weighted by molar-refractivity contribution is 6.17. The number of anilines is 6. The second kappa shape index (κ2) is 19.5. The van der Waals surface area contributed by atoms with E-state index in [0.29, 0.717) is 0 Å². The Labute approximate surface area is 518 Å². The van der Waals surface area contributed by atoms with Crippen molar-refractivity contribution in [2.75, 3.05) is 9.80 Å². The molecule has 90 heavy (non-hydrogen) atoms. The zero-order valence-corrected chi connectivity index (χ0v) is 48.6. The molecular formula is C85H52N2O3. The van der Waals surface area contributed by atoms with E-state index in [1.807, 2.05) is 12.1 Å². The van der Waals surface area contributed by atoms with Crippen molar-refractivity contribution in [2.24, 2.45) is 0 Å². The molecule has 5 nitrogen and oxygen atoms in total. The molecule has 3 heterocycles. The van der Waals surface area contributed by atoms with E-state index in [1.165, 1.54) is 44.5 Å². The Balaban J connectivity index is 0.900. The number of furan rings is 3. The molecular weight excluding hydrogens is 1100 g/mol. The Morgan fingerprint density at radius 1 is 0.233 bits per heavy atom. The van der Waals surface area contributed by atoms with Crippen LogP contribution in [0.15, 0.2) is 329 Å². The summed E-state index contributed by atoms with van der Waals surface area (Å²) in [7, 11) is 0. The second-order valence-electron chi connectivity index (χ2n) is 23.8. The Hall–Kier alpha value is -11.9. The molecule has 0 aliphatic heterocycles. The fourth-order valence-electron chi connectivity index (χ4n) is 15.2. The maximum atomic E-state index is 7.02. The molecule has 1 atom stereocenters. The quantitative estimate of drug-likeness (QED) is 0.144. The summed E-state index contributed by atoms with van der Waals surface area (Å²) in [5, 5.41) is 6.50. The van der Waals surface area contributed by atoms with Crippen LogP contribution in [0.25, 0.3) is 121 Å². The van der Waals surface area contributed by atoms with Gasteiger partial charge in [-0.1, -0.05) is 231 Å². The van der Waals surface area contributed by atoms with E-state index in [1.54, 1.807) is 0 Å². The maximum absolute atomic E-state index is 7.02. The number of rotatable bonds is 9. The molecule has 0 saturated carbocycles. The van der Waals surface area contributed by atoms with Crippen LogP contribution in [0.2, 0.25) is 0 Å². The lowest BCUT2D eigenvalue weighted by molar-refractivity contribution is 0.668. The van der Waals surface area contributed by atoms with E-state index in [2.05, 4.69) is 313 Å². The van der Waals surface area contributed by atoms with E-state index < -0.39 is 5.41 Å². The molecule has 14 aromatic carbocycles. The molecule has 0 radical (unpaired) electrons. The summed E-state index contributed by atoms with van der Waals surface area (Å²) in [6, 6.07) is 114. The van der Waals surface area contributed by atoms with E-state index in [9.17, 15) is 0 Å². The van der Waals surface area contributed by atoms with Crippen molar-refractivity contribution < 1.29 is 13.3 Å². The average molecular weight is 1150 g/mol. The summed E-state index contributed by atoms with van der Waals surface area (Å²) in [6.07, 6.45) is 0. The van der Waals surface area contributed by atoms with Crippen LogP contribution in [0.3, 0.4) is 0 Å². The van der Waals surface area contributed by atoms with Crippen LogP contribution in [0.5, 0.6) is 0 Å². The summed E-state index contributed by atoms with van der Waals surface area (Å²) in [5.74, 6) is 0. The minimum atomic E-state index is -0.645. The first-order valence-corrected chi connectivity index (χ1v) is 30.8. The van der Waals surface area contributed by atoms with Crippen molar-refractivity contribution in [2.45, 2.75) is 5.41 Å². The largest absolute Gasteiger partial charge is 0.456 e. The number of para-hydroxylation sites is 5. The number of fused-ring (bicyclic) bond motifs is 20. The van der Waals surface area contributed by atoms with Gasteiger partial charge in [-0.05, 0) is 163 Å². The first kappa shape index (κ1) is 50.3. The zero-order valence-electron chi connectivity index (χ0n) is 48.6. The molecule has 1 unspecified atom stereocenters. The first-order valence-electron chi connectivity index (χ1n) is 30.8. The molecule has 0 saturated heterocycles. The Bertz CT molecular complexity index is 5520. The second-order valence-corrected chi connectivity index (χ2v) is 23.8. The third-order valence-electron chi connectivity index (χ3n) is 19.1. The summed E-state index contributed by atoms with van der Waals surface area (Å²) < 4.78 is 20.7. The SMILES string of the molecule is c1ccc(-c2ccc(N(c3cc(-c4ccc5c(c4)C4(c6ccccc6-5)c5ccccc5-c5c4ccc4oc6ccccc6c54)cc(N(c4ccc(-c5ccccc5)cc4)c4cccc5c4oc4ccccc45)c3)c3cccc4c3oc3ccccc34)cc2)cc1. The average Bonchev–Trinajstić information content (AvgIpc) is 1.50. The lowest BCUT2D eigenvalue weighted by Crippen LogP contribution is -2.25. The molecule has 3 aromatic heterocycles. The van der Waals surface area contributed by atoms with Gasteiger partial charge < -0.3 is 23.1 Å². The predicted octanol–water partition coefficient (Wildman–Crippen LogP) is 23.7. The highest BCUT2D eigenvalue weighted by Crippen LogP contribution is 2.65. The molecule has 0 bridgehead atoms. The minimum absolute atomic E-state index is 0.645. The summed E-state index contributed by atoms with van der Waals surface area (Å²) in [5.41, 5.74) is 26.7. The number of nitrogens with zero attached hydrogens (tertiary/aromatic N) is 2. The molecule has 1 spiro atoms. The number of hydrogen-bond donors (Lipinski definition) is 0. The third kappa shape index (κ3) is 7.38. The highest BCUT2D eigenvalue weighted by atomic mass is 16.3. The molecule has 2 aliphatic carbocycles. The van der Waals surface area contributed by atoms with E-state index in [0.717, 1.165) is 133 Å². The van der Waals surface area contributed by atoms with Gasteiger partial charge in [0.15, 0.2) is 11.2 Å². The van der Waals surface area contributed by atoms with Crippen molar-refractivity contribution in [3.8, 4) is 55.6 Å². The van der Waals surface area contributed by atoms with E-state index in [-0.39, 0.29) is 0 Å². The van der Waals surface area contributed by atoms with Gasteiger partial charge in [0.25, 0.3) is 0 Å². The van der Waals surface area contributed by atoms with Gasteiger partial charge >= 0.3 is 0 Å². The first-order chi connectivity index (χ1) is 44.6. The number of hydrogen-bond acceptors (Lipinski definition) is 5. The predicted molar refractivity (Wildman–Crippen MR) is 370 cm³/mol. The van der Waals surface area contributed by atoms with Crippen molar-refractivity contribution in [1.29, 1.82) is 0 Å². The minimum Gasteiger partial charge on any atom is -0.456 e. The standard InChI is InChI=1S/C85H52N2O3/c1-3-19-53(20-4-1)55-37-42-59(43-38-55)86(75-32-17-28-67-65-24-9-14-34-77(65)89-83(67)75)61-49-58(50-62(52-61)87(60-44-39-56(40-45-60)54-21-5-2-6-22-54)76-33-18-29-68-66-25-10-15-35-78(66)90-84(68)76)57-41-46-64-63-23-7-12-30-71(63)85(74(64)51-57)72-31-13-8-26-69(72)81-73(85)47-48-80-82(81)70-27-11-16-36-79(70)88-80/h1-52H. The molecule has 19 rings (SSSR count). The lowest BCUT2D eigenvalue weighted by atomic mass is 9.70. The van der Waals surface area contributed by atoms with Crippen LogP contribution in [-0.2, 0) is 5.41 Å². The van der Waals surface area contributed by atoms with Gasteiger partial charge in [-0.15, -0.1) is 0 Å². The van der Waals surface area contributed by atoms with Gasteiger partial charge in [-0.2, -0.15) is 0 Å². The van der Waals surface area contributed by atoms with Gasteiger partial charge in [0, 0.05) is 55.1 Å². The summed E-state index contributed by atoms with van der Waals surface area (Å²) in [6.45, 7) is 0. The van der Waals surface area contributed by atoms with Crippen LogP contribution in [-0.4, -0.2) is 0 Å². The summed E-state index contributed by atoms with van der Waals surface area (Å²) in [4.78, 5) is 4.78. The Morgan fingerprint density at radius 2 is 0.678 bits per heavy atom. The topological polar surface area (TPSA) is 45.9 Å². The fraction of sp³-hybridized carbons (Fsp3) is 0.0118. The molecule has 5 heteroatoms. The monoisotopic (exact) mass is 1150 g/mol. The third-order valence-corrected chi connectivity index (χ3v) is 19.1. The molecule has 0 N–H and O–H groups in total.